The highest BCUT2D eigenvalue weighted by molar-refractivity contribution is 7.26. The van der Waals surface area contributed by atoms with E-state index in [1.807, 2.05) is 66.7 Å². The van der Waals surface area contributed by atoms with Gasteiger partial charge in [0.05, 0.1) is 5.56 Å². The molecule has 0 spiro atoms. The summed E-state index contributed by atoms with van der Waals surface area (Å²) in [5, 5.41) is 2.26. The summed E-state index contributed by atoms with van der Waals surface area (Å²) < 4.78 is 8.59. The Morgan fingerprint density at radius 3 is 1.60 bits per heavy atom. The number of para-hydroxylation sites is 2. The third-order valence-electron chi connectivity index (χ3n) is 9.39. The minimum atomic E-state index is 0.602. The second-order valence-corrected chi connectivity index (χ2v) is 13.7. The highest BCUT2D eigenvalue weighted by atomic mass is 32.1. The van der Waals surface area contributed by atoms with Gasteiger partial charge in [0.15, 0.2) is 23.1 Å². The van der Waals surface area contributed by atoms with Gasteiger partial charge in [-0.1, -0.05) is 140 Å². The second kappa shape index (κ2) is 12.5. The number of hydrogen-bond donors (Lipinski definition) is 0. The average molecular weight is 685 g/mol. The van der Waals surface area contributed by atoms with E-state index in [-0.39, 0.29) is 0 Å². The standard InChI is InChI=1S/C46H28N4OS/c1-4-13-29(14-5-1)31-23-25-33(26-24-31)44-48-43(32-17-8-3-9-18-32)49-45(50-44)36-20-12-19-35-37-27-34(30-15-6-2-7-16-30)28-38(42(37)52-41(35)36)46-47-39-21-10-11-22-40(39)51-46/h1-28H. The molecule has 3 heterocycles. The summed E-state index contributed by atoms with van der Waals surface area (Å²) in [5.41, 5.74) is 9.90. The fourth-order valence-corrected chi connectivity index (χ4v) is 8.10. The molecule has 244 valence electrons. The van der Waals surface area contributed by atoms with Crippen LogP contribution in [0.25, 0.3) is 99.1 Å². The van der Waals surface area contributed by atoms with Crippen molar-refractivity contribution in [2.75, 3.05) is 0 Å². The number of oxazole rings is 1. The Morgan fingerprint density at radius 2 is 0.904 bits per heavy atom. The topological polar surface area (TPSA) is 64.7 Å². The number of nitrogens with zero attached hydrogens (tertiary/aromatic N) is 4. The molecule has 10 aromatic rings. The van der Waals surface area contributed by atoms with Crippen LogP contribution in [0.3, 0.4) is 0 Å². The highest BCUT2D eigenvalue weighted by Crippen LogP contribution is 2.46. The molecular weight excluding hydrogens is 657 g/mol. The van der Waals surface area contributed by atoms with E-state index in [0.29, 0.717) is 23.4 Å². The zero-order chi connectivity index (χ0) is 34.4. The van der Waals surface area contributed by atoms with E-state index >= 15 is 0 Å². The van der Waals surface area contributed by atoms with Gasteiger partial charge in [0, 0.05) is 36.9 Å². The van der Waals surface area contributed by atoms with Gasteiger partial charge in [-0.3, -0.25) is 0 Å². The smallest absolute Gasteiger partial charge is 0.228 e. The van der Waals surface area contributed by atoms with Crippen molar-refractivity contribution in [1.82, 2.24) is 19.9 Å². The Labute approximate surface area is 303 Å². The number of thiophene rings is 1. The Hall–Kier alpha value is -6.76. The van der Waals surface area contributed by atoms with Crippen LogP contribution in [0.4, 0.5) is 0 Å². The molecule has 0 aliphatic heterocycles. The molecule has 0 amide bonds. The molecule has 0 atom stereocenters. The monoisotopic (exact) mass is 684 g/mol. The van der Waals surface area contributed by atoms with Crippen molar-refractivity contribution in [3.05, 3.63) is 170 Å². The molecule has 0 fully saturated rings. The van der Waals surface area contributed by atoms with Gasteiger partial charge in [-0.05, 0) is 52.6 Å². The molecule has 0 unspecified atom stereocenters. The van der Waals surface area contributed by atoms with Crippen molar-refractivity contribution in [3.8, 4) is 67.9 Å². The molecule has 10 rings (SSSR count). The molecule has 5 nitrogen and oxygen atoms in total. The quantitative estimate of drug-likeness (QED) is 0.174. The lowest BCUT2D eigenvalue weighted by molar-refractivity contribution is 0.621. The van der Waals surface area contributed by atoms with Gasteiger partial charge in [0.2, 0.25) is 5.89 Å². The largest absolute Gasteiger partial charge is 0.436 e. The maximum atomic E-state index is 6.39. The van der Waals surface area contributed by atoms with Crippen LogP contribution < -0.4 is 0 Å². The highest BCUT2D eigenvalue weighted by Gasteiger charge is 2.21. The molecule has 0 N–H and O–H groups in total. The molecule has 0 aliphatic rings. The van der Waals surface area contributed by atoms with Crippen molar-refractivity contribution >= 4 is 42.6 Å². The minimum Gasteiger partial charge on any atom is -0.436 e. The van der Waals surface area contributed by atoms with Crippen LogP contribution in [0.5, 0.6) is 0 Å². The van der Waals surface area contributed by atoms with Crippen molar-refractivity contribution in [3.63, 3.8) is 0 Å². The normalized spacial score (nSPS) is 11.5. The van der Waals surface area contributed by atoms with Crippen LogP contribution in [0.1, 0.15) is 0 Å². The van der Waals surface area contributed by atoms with Crippen LogP contribution in [0.2, 0.25) is 0 Å². The van der Waals surface area contributed by atoms with E-state index < -0.39 is 0 Å². The van der Waals surface area contributed by atoms with Crippen molar-refractivity contribution in [2.24, 2.45) is 0 Å². The number of hydrogen-bond acceptors (Lipinski definition) is 6. The summed E-state index contributed by atoms with van der Waals surface area (Å²) in [6.07, 6.45) is 0. The van der Waals surface area contributed by atoms with Crippen molar-refractivity contribution in [2.45, 2.75) is 0 Å². The zero-order valence-corrected chi connectivity index (χ0v) is 28.6. The van der Waals surface area contributed by atoms with E-state index in [0.717, 1.165) is 70.2 Å². The van der Waals surface area contributed by atoms with Gasteiger partial charge >= 0.3 is 0 Å². The Bertz CT molecular complexity index is 2850. The molecule has 3 aromatic heterocycles. The van der Waals surface area contributed by atoms with E-state index in [2.05, 4.69) is 103 Å². The fourth-order valence-electron chi connectivity index (χ4n) is 6.80. The minimum absolute atomic E-state index is 0.602. The van der Waals surface area contributed by atoms with Gasteiger partial charge < -0.3 is 4.42 Å². The van der Waals surface area contributed by atoms with Crippen LogP contribution in [0, 0.1) is 0 Å². The number of rotatable bonds is 6. The van der Waals surface area contributed by atoms with Crippen LogP contribution in [-0.2, 0) is 0 Å². The summed E-state index contributed by atoms with van der Waals surface area (Å²) >= 11 is 1.72. The van der Waals surface area contributed by atoms with Crippen LogP contribution in [0.15, 0.2) is 174 Å². The molecule has 0 saturated carbocycles. The molecule has 7 aromatic carbocycles. The number of fused-ring (bicyclic) bond motifs is 4. The van der Waals surface area contributed by atoms with Crippen molar-refractivity contribution < 1.29 is 4.42 Å². The van der Waals surface area contributed by atoms with Gasteiger partial charge in [-0.2, -0.15) is 0 Å². The average Bonchev–Trinajstić information content (AvgIpc) is 3.83. The fraction of sp³-hybridized carbons (Fsp3) is 0. The van der Waals surface area contributed by atoms with Gasteiger partial charge in [-0.25, -0.2) is 19.9 Å². The van der Waals surface area contributed by atoms with Gasteiger partial charge in [0.1, 0.15) is 5.52 Å². The summed E-state index contributed by atoms with van der Waals surface area (Å²) in [6.45, 7) is 0. The van der Waals surface area contributed by atoms with Crippen molar-refractivity contribution in [1.29, 1.82) is 0 Å². The van der Waals surface area contributed by atoms with Crippen LogP contribution in [-0.4, -0.2) is 19.9 Å². The maximum Gasteiger partial charge on any atom is 0.228 e. The van der Waals surface area contributed by atoms with E-state index in [4.69, 9.17) is 24.4 Å². The first-order valence-electron chi connectivity index (χ1n) is 17.1. The second-order valence-electron chi connectivity index (χ2n) is 12.7. The van der Waals surface area contributed by atoms with Crippen LogP contribution >= 0.6 is 11.3 Å². The lowest BCUT2D eigenvalue weighted by Gasteiger charge is -2.10. The molecular formula is C46H28N4OS. The lowest BCUT2D eigenvalue weighted by atomic mass is 9.99. The third kappa shape index (κ3) is 5.34. The summed E-state index contributed by atoms with van der Waals surface area (Å²) in [7, 11) is 0. The Balaban J connectivity index is 1.18. The molecule has 0 saturated heterocycles. The Morgan fingerprint density at radius 1 is 0.365 bits per heavy atom. The summed E-state index contributed by atoms with van der Waals surface area (Å²) in [4.78, 5) is 20.2. The molecule has 0 bridgehead atoms. The number of aromatic nitrogens is 4. The first kappa shape index (κ1) is 30.1. The van der Waals surface area contributed by atoms with Gasteiger partial charge in [0.25, 0.3) is 0 Å². The molecule has 52 heavy (non-hydrogen) atoms. The third-order valence-corrected chi connectivity index (χ3v) is 10.7. The summed E-state index contributed by atoms with van der Waals surface area (Å²) in [5.74, 6) is 2.48. The van der Waals surface area contributed by atoms with E-state index in [1.165, 1.54) is 5.56 Å². The molecule has 0 aliphatic carbocycles. The predicted octanol–water partition coefficient (Wildman–Crippen LogP) is 12.4. The van der Waals surface area contributed by atoms with Gasteiger partial charge in [-0.15, -0.1) is 11.3 Å². The summed E-state index contributed by atoms with van der Waals surface area (Å²) in [6, 6.07) is 58.2. The predicted molar refractivity (Wildman–Crippen MR) is 213 cm³/mol. The first-order valence-corrected chi connectivity index (χ1v) is 18.0. The Kier molecular flexibility index (Phi) is 7.25. The maximum absolute atomic E-state index is 6.39. The molecule has 6 heteroatoms. The van der Waals surface area contributed by atoms with E-state index in [9.17, 15) is 0 Å². The zero-order valence-electron chi connectivity index (χ0n) is 27.8. The van der Waals surface area contributed by atoms with E-state index in [1.54, 1.807) is 11.3 Å². The molecule has 0 radical (unpaired) electrons. The first-order chi connectivity index (χ1) is 25.7. The lowest BCUT2D eigenvalue weighted by Crippen LogP contribution is -2.00. The number of benzene rings is 7. The SMILES string of the molecule is c1ccc(-c2ccc(-c3nc(-c4ccccc4)nc(-c4cccc5c4sc4c(-c6nc7ccccc7o6)cc(-c6ccccc6)cc45)n3)cc2)cc1.